The molecule has 0 amide bonds. The van der Waals surface area contributed by atoms with E-state index >= 15 is 0 Å². The molecule has 104 valence electrons. The fourth-order valence-corrected chi connectivity index (χ4v) is 9.62. The summed E-state index contributed by atoms with van der Waals surface area (Å²) in [4.78, 5) is 0. The highest BCUT2D eigenvalue weighted by Crippen LogP contribution is 2.64. The molecule has 1 N–H and O–H groups in total. The van der Waals surface area contributed by atoms with Crippen LogP contribution in [-0.2, 0) is 0 Å². The molecule has 0 aromatic heterocycles. The molecule has 0 aromatic rings. The minimum atomic E-state index is -2.16. The first-order valence-corrected chi connectivity index (χ1v) is 10.2. The summed E-state index contributed by atoms with van der Waals surface area (Å²) in [5, 5.41) is 8.84. The summed E-state index contributed by atoms with van der Waals surface area (Å²) in [6.45, 7) is 17.4. The van der Waals surface area contributed by atoms with E-state index in [1.807, 2.05) is 0 Å². The molecule has 0 heterocycles. The van der Waals surface area contributed by atoms with Crippen molar-refractivity contribution in [1.29, 1.82) is 5.16 Å². The van der Waals surface area contributed by atoms with Crippen LogP contribution in [0, 0.1) is 5.16 Å². The van der Waals surface area contributed by atoms with Crippen LogP contribution in [0.15, 0.2) is 0 Å². The van der Waals surface area contributed by atoms with Crippen molar-refractivity contribution in [2.24, 2.45) is 0 Å². The van der Waals surface area contributed by atoms with E-state index in [9.17, 15) is 0 Å². The Hall–Kier alpha value is 0.630. The third kappa shape index (κ3) is 4.34. The zero-order valence-electron chi connectivity index (χ0n) is 12.5. The lowest BCUT2D eigenvalue weighted by molar-refractivity contribution is 0.257. The molecule has 0 radical (unpaired) electrons. The molecule has 0 aliphatic carbocycles. The van der Waals surface area contributed by atoms with Gasteiger partial charge in [0.25, 0.3) is 0 Å². The number of nitrogens with one attached hydrogen (secondary N) is 1. The van der Waals surface area contributed by atoms with E-state index in [2.05, 4.69) is 80.2 Å². The van der Waals surface area contributed by atoms with E-state index < -0.39 is 6.06 Å². The van der Waals surface area contributed by atoms with Crippen molar-refractivity contribution in [1.82, 2.24) is 9.34 Å². The van der Waals surface area contributed by atoms with E-state index in [1.54, 1.807) is 0 Å². The molecule has 0 saturated heterocycles. The Morgan fingerprint density at radius 2 is 0.882 bits per heavy atom. The quantitative estimate of drug-likeness (QED) is 0.685. The van der Waals surface area contributed by atoms with Crippen LogP contribution >= 0.6 is 21.5 Å². The van der Waals surface area contributed by atoms with Gasteiger partial charge < -0.3 is 0 Å². The highest BCUT2D eigenvalue weighted by Gasteiger charge is 2.36. The van der Waals surface area contributed by atoms with Gasteiger partial charge in [-0.15, -0.1) is 0 Å². The fourth-order valence-electron chi connectivity index (χ4n) is 2.54. The minimum absolute atomic E-state index is 0.375. The smallest absolute Gasteiger partial charge is 0.160 e. The summed E-state index contributed by atoms with van der Waals surface area (Å²) in [6.07, 6.45) is 0. The summed E-state index contributed by atoms with van der Waals surface area (Å²) >= 11 is 3.75. The first kappa shape index (κ1) is 17.6. The van der Waals surface area contributed by atoms with Crippen LogP contribution in [-0.4, -0.2) is 33.5 Å². The van der Waals surface area contributed by atoms with Crippen molar-refractivity contribution in [3.8, 4) is 0 Å². The van der Waals surface area contributed by atoms with Gasteiger partial charge >= 0.3 is 0 Å². The molecular formula is C12H29BrN3P. The van der Waals surface area contributed by atoms with Gasteiger partial charge in [-0.2, -0.15) is 0 Å². The Kier molecular flexibility index (Phi) is 6.95. The number of nitrogens with zero attached hydrogens (tertiary/aromatic N) is 2. The van der Waals surface area contributed by atoms with E-state index in [1.165, 1.54) is 0 Å². The van der Waals surface area contributed by atoms with Crippen LogP contribution in [0.1, 0.15) is 55.4 Å². The van der Waals surface area contributed by atoms with Gasteiger partial charge in [0.05, 0.1) is 0 Å². The molecule has 0 spiro atoms. The molecule has 0 aliphatic heterocycles. The molecule has 0 aromatic carbocycles. The second-order valence-corrected chi connectivity index (χ2v) is 10.6. The maximum atomic E-state index is 8.84. The molecule has 0 aliphatic rings. The van der Waals surface area contributed by atoms with Crippen LogP contribution in [0.2, 0.25) is 0 Å². The van der Waals surface area contributed by atoms with Crippen molar-refractivity contribution in [2.45, 2.75) is 79.6 Å². The predicted octanol–water partition coefficient (Wildman–Crippen LogP) is 5.14. The van der Waals surface area contributed by atoms with Crippen molar-refractivity contribution >= 4 is 21.5 Å². The maximum Gasteiger partial charge on any atom is 0.160 e. The van der Waals surface area contributed by atoms with E-state index in [-0.39, 0.29) is 0 Å². The van der Waals surface area contributed by atoms with Gasteiger partial charge in [0.1, 0.15) is 0 Å². The molecule has 0 unspecified atom stereocenters. The van der Waals surface area contributed by atoms with Gasteiger partial charge in [0.2, 0.25) is 0 Å². The number of halogens is 1. The summed E-state index contributed by atoms with van der Waals surface area (Å²) in [6, 6.07) is -0.657. The molecule has 17 heavy (non-hydrogen) atoms. The fraction of sp³-hybridized carbons (Fsp3) is 1.00. The van der Waals surface area contributed by atoms with E-state index in [4.69, 9.17) is 5.16 Å². The first-order chi connectivity index (χ1) is 7.53. The highest BCUT2D eigenvalue weighted by molar-refractivity contribution is 9.40. The van der Waals surface area contributed by atoms with Gasteiger partial charge in [-0.3, -0.25) is 5.16 Å². The Bertz CT molecular complexity index is 237. The van der Waals surface area contributed by atoms with Crippen LogP contribution in [0.5, 0.6) is 0 Å². The normalized spacial score (nSPS) is 14.1. The van der Waals surface area contributed by atoms with Crippen molar-refractivity contribution in [3.63, 3.8) is 0 Å². The van der Waals surface area contributed by atoms with Crippen LogP contribution in [0.3, 0.4) is 0 Å². The minimum Gasteiger partial charge on any atom is -0.281 e. The summed E-state index contributed by atoms with van der Waals surface area (Å²) in [5.41, 5.74) is 0. The monoisotopic (exact) mass is 325 g/mol. The second kappa shape index (κ2) is 6.70. The van der Waals surface area contributed by atoms with Crippen molar-refractivity contribution in [3.05, 3.63) is 0 Å². The molecule has 0 fully saturated rings. The summed E-state index contributed by atoms with van der Waals surface area (Å²) < 4.78 is 4.60. The summed E-state index contributed by atoms with van der Waals surface area (Å²) in [7, 11) is 0. The number of hydrogen-bond donors (Lipinski definition) is 1. The average Bonchev–Trinajstić information content (AvgIpc) is 1.96. The number of rotatable bonds is 6. The maximum absolute atomic E-state index is 8.84. The molecular weight excluding hydrogens is 297 g/mol. The van der Waals surface area contributed by atoms with Crippen LogP contribution < -0.4 is 0 Å². The third-order valence-corrected chi connectivity index (χ3v) is 8.00. The van der Waals surface area contributed by atoms with E-state index in [0.717, 1.165) is 0 Å². The van der Waals surface area contributed by atoms with Crippen molar-refractivity contribution < 1.29 is 0 Å². The topological polar surface area (TPSA) is 30.3 Å². The zero-order valence-corrected chi connectivity index (χ0v) is 15.0. The largest absolute Gasteiger partial charge is 0.281 e. The summed E-state index contributed by atoms with van der Waals surface area (Å²) in [5.74, 6) is 0. The molecule has 0 bridgehead atoms. The van der Waals surface area contributed by atoms with Gasteiger partial charge in [-0.25, -0.2) is 9.34 Å². The predicted molar refractivity (Wildman–Crippen MR) is 82.8 cm³/mol. The van der Waals surface area contributed by atoms with E-state index in [0.29, 0.717) is 24.2 Å². The van der Waals surface area contributed by atoms with Gasteiger partial charge in [-0.05, 0) is 70.9 Å². The van der Waals surface area contributed by atoms with Crippen LogP contribution in [0.25, 0.3) is 0 Å². The molecule has 5 heteroatoms. The Labute approximate surface area is 116 Å². The van der Waals surface area contributed by atoms with Crippen LogP contribution in [0.4, 0.5) is 0 Å². The third-order valence-electron chi connectivity index (χ3n) is 2.73. The Balaban J connectivity index is 5.38. The first-order valence-electron chi connectivity index (χ1n) is 6.44. The number of hydrogen-bond acceptors (Lipinski definition) is 1. The Morgan fingerprint density at radius 1 is 0.706 bits per heavy atom. The molecule has 0 saturated carbocycles. The SMILES string of the molecule is CC(C)N(C(C)C)P(=N)(Br)N(C(C)C)C(C)C. The Morgan fingerprint density at radius 3 is 1.00 bits per heavy atom. The highest BCUT2D eigenvalue weighted by atomic mass is 79.9. The van der Waals surface area contributed by atoms with Gasteiger partial charge in [-0.1, -0.05) is 0 Å². The molecule has 3 nitrogen and oxygen atoms in total. The lowest BCUT2D eigenvalue weighted by atomic mass is 10.3. The second-order valence-electron chi connectivity index (χ2n) is 5.66. The van der Waals surface area contributed by atoms with Gasteiger partial charge in [0, 0.05) is 24.2 Å². The van der Waals surface area contributed by atoms with Gasteiger partial charge in [0.15, 0.2) is 6.06 Å². The lowest BCUT2D eigenvalue weighted by Crippen LogP contribution is -2.42. The standard InChI is InChI=1S/C12H29BrN3P/c1-9(2)15(10(3)4)17(13,14)16(11(5)6)12(7)8/h9-12,14H,1-8H3. The zero-order chi connectivity index (χ0) is 14.0. The molecule has 0 rings (SSSR count). The molecule has 0 atom stereocenters. The van der Waals surface area contributed by atoms with Crippen molar-refractivity contribution in [2.75, 3.05) is 0 Å². The lowest BCUT2D eigenvalue weighted by Gasteiger charge is -2.46. The average molecular weight is 326 g/mol.